The maximum Gasteiger partial charge on any atom is -0.0195 e. The van der Waals surface area contributed by atoms with Crippen molar-refractivity contribution in [3.05, 3.63) is 11.6 Å². The van der Waals surface area contributed by atoms with Crippen molar-refractivity contribution >= 4 is 0 Å². The molecule has 1 fully saturated rings. The number of allylic oxidation sites excluding steroid dienone is 2. The third-order valence-corrected chi connectivity index (χ3v) is 5.85. The molecule has 0 nitrogen and oxygen atoms in total. The molecule has 0 bridgehead atoms. The van der Waals surface area contributed by atoms with E-state index < -0.39 is 0 Å². The number of hydrogen-bond donors (Lipinski definition) is 0. The SMILES string of the molecule is CC=C1C(C)C(C)C(C)C(C(C)C(C)C)C1C. The summed E-state index contributed by atoms with van der Waals surface area (Å²) < 4.78 is 0. The fraction of sp³-hybridized carbons (Fsp3) is 0.882. The van der Waals surface area contributed by atoms with Crippen LogP contribution < -0.4 is 0 Å². The van der Waals surface area contributed by atoms with Gasteiger partial charge < -0.3 is 0 Å². The van der Waals surface area contributed by atoms with Crippen molar-refractivity contribution in [1.29, 1.82) is 0 Å². The molecule has 6 atom stereocenters. The highest BCUT2D eigenvalue weighted by molar-refractivity contribution is 5.16. The summed E-state index contributed by atoms with van der Waals surface area (Å²) in [5.74, 6) is 5.67. The van der Waals surface area contributed by atoms with Crippen LogP contribution in [0.3, 0.4) is 0 Å². The molecule has 0 saturated heterocycles. The largest absolute Gasteiger partial charge is 0.0879 e. The van der Waals surface area contributed by atoms with Crippen molar-refractivity contribution in [2.45, 2.75) is 55.4 Å². The van der Waals surface area contributed by atoms with Crippen LogP contribution in [0.2, 0.25) is 0 Å². The molecule has 1 rings (SSSR count). The first-order valence-electron chi connectivity index (χ1n) is 7.48. The topological polar surface area (TPSA) is 0 Å². The summed E-state index contributed by atoms with van der Waals surface area (Å²) in [6.07, 6.45) is 2.39. The molecule has 0 spiro atoms. The van der Waals surface area contributed by atoms with Crippen LogP contribution in [0.25, 0.3) is 0 Å². The Morgan fingerprint density at radius 3 is 1.82 bits per heavy atom. The smallest absolute Gasteiger partial charge is 0.0195 e. The summed E-state index contributed by atoms with van der Waals surface area (Å²) >= 11 is 0. The lowest BCUT2D eigenvalue weighted by Crippen LogP contribution is -2.41. The summed E-state index contributed by atoms with van der Waals surface area (Å²) in [5, 5.41) is 0. The zero-order valence-corrected chi connectivity index (χ0v) is 13.1. The lowest BCUT2D eigenvalue weighted by molar-refractivity contribution is 0.0646. The van der Waals surface area contributed by atoms with E-state index in [0.717, 1.165) is 41.4 Å². The third kappa shape index (κ3) is 2.61. The maximum atomic E-state index is 2.48. The van der Waals surface area contributed by atoms with Crippen LogP contribution >= 0.6 is 0 Å². The molecule has 0 aromatic heterocycles. The number of hydrogen-bond acceptors (Lipinski definition) is 0. The van der Waals surface area contributed by atoms with Gasteiger partial charge in [0.25, 0.3) is 0 Å². The van der Waals surface area contributed by atoms with Crippen molar-refractivity contribution in [3.8, 4) is 0 Å². The predicted molar refractivity (Wildman–Crippen MR) is 77.9 cm³/mol. The molecule has 0 heteroatoms. The lowest BCUT2D eigenvalue weighted by atomic mass is 9.57. The van der Waals surface area contributed by atoms with Crippen LogP contribution in [0.4, 0.5) is 0 Å². The van der Waals surface area contributed by atoms with E-state index in [9.17, 15) is 0 Å². The molecule has 0 heterocycles. The minimum atomic E-state index is 0.763. The highest BCUT2D eigenvalue weighted by Crippen LogP contribution is 2.49. The Morgan fingerprint density at radius 2 is 1.41 bits per heavy atom. The van der Waals surface area contributed by atoms with Gasteiger partial charge in [-0.05, 0) is 48.3 Å². The summed E-state index contributed by atoms with van der Waals surface area (Å²) in [7, 11) is 0. The molecule has 6 unspecified atom stereocenters. The summed E-state index contributed by atoms with van der Waals surface area (Å²) in [4.78, 5) is 0. The Bertz CT molecular complexity index is 274. The van der Waals surface area contributed by atoms with Crippen molar-refractivity contribution in [1.82, 2.24) is 0 Å². The maximum absolute atomic E-state index is 2.48. The quantitative estimate of drug-likeness (QED) is 0.563. The minimum absolute atomic E-state index is 0.763. The van der Waals surface area contributed by atoms with Gasteiger partial charge in [-0.1, -0.05) is 60.1 Å². The van der Waals surface area contributed by atoms with Crippen molar-refractivity contribution in [2.75, 3.05) is 0 Å². The second kappa shape index (κ2) is 5.59. The van der Waals surface area contributed by atoms with E-state index in [4.69, 9.17) is 0 Å². The molecule has 0 aromatic rings. The van der Waals surface area contributed by atoms with Crippen LogP contribution in [0.15, 0.2) is 11.6 Å². The Hall–Kier alpha value is -0.260. The van der Waals surface area contributed by atoms with E-state index in [1.807, 2.05) is 0 Å². The molecule has 1 saturated carbocycles. The van der Waals surface area contributed by atoms with Gasteiger partial charge >= 0.3 is 0 Å². The van der Waals surface area contributed by atoms with Gasteiger partial charge in [0.05, 0.1) is 0 Å². The first kappa shape index (κ1) is 14.8. The molecule has 0 radical (unpaired) electrons. The fourth-order valence-electron chi connectivity index (χ4n) is 4.11. The van der Waals surface area contributed by atoms with Gasteiger partial charge in [-0.3, -0.25) is 0 Å². The van der Waals surface area contributed by atoms with Crippen LogP contribution in [0.5, 0.6) is 0 Å². The highest BCUT2D eigenvalue weighted by Gasteiger charge is 2.42. The van der Waals surface area contributed by atoms with E-state index in [1.165, 1.54) is 0 Å². The zero-order chi connectivity index (χ0) is 13.3. The molecular weight excluding hydrogens is 204 g/mol. The van der Waals surface area contributed by atoms with Crippen molar-refractivity contribution in [3.63, 3.8) is 0 Å². The van der Waals surface area contributed by atoms with E-state index in [1.54, 1.807) is 5.57 Å². The summed E-state index contributed by atoms with van der Waals surface area (Å²) in [6.45, 7) is 19.2. The Kier molecular flexibility index (Phi) is 4.86. The molecule has 1 aliphatic carbocycles. The van der Waals surface area contributed by atoms with Crippen LogP contribution in [0, 0.1) is 41.4 Å². The Balaban J connectivity index is 3.04. The van der Waals surface area contributed by atoms with Crippen LogP contribution in [-0.2, 0) is 0 Å². The normalized spacial score (nSPS) is 43.1. The van der Waals surface area contributed by atoms with Crippen LogP contribution in [-0.4, -0.2) is 0 Å². The van der Waals surface area contributed by atoms with Gasteiger partial charge in [-0.25, -0.2) is 0 Å². The van der Waals surface area contributed by atoms with E-state index in [-0.39, 0.29) is 0 Å². The molecule has 0 amide bonds. The molecule has 100 valence electrons. The standard InChI is InChI=1S/C17H32/c1-9-16-13(6)12(5)14(7)17(15(16)8)11(4)10(2)3/h9-15,17H,1-8H3. The second-order valence-corrected chi connectivity index (χ2v) is 6.76. The van der Waals surface area contributed by atoms with Gasteiger partial charge in [0.1, 0.15) is 0 Å². The first-order chi connectivity index (χ1) is 7.82. The number of rotatable bonds is 2. The van der Waals surface area contributed by atoms with Crippen LogP contribution in [0.1, 0.15) is 55.4 Å². The Morgan fingerprint density at radius 1 is 0.882 bits per heavy atom. The van der Waals surface area contributed by atoms with E-state index in [0.29, 0.717) is 0 Å². The monoisotopic (exact) mass is 236 g/mol. The average molecular weight is 236 g/mol. The third-order valence-electron chi connectivity index (χ3n) is 5.85. The van der Waals surface area contributed by atoms with Crippen molar-refractivity contribution in [2.24, 2.45) is 41.4 Å². The average Bonchev–Trinajstić information content (AvgIpc) is 2.27. The fourth-order valence-corrected chi connectivity index (χ4v) is 4.11. The van der Waals surface area contributed by atoms with E-state index in [2.05, 4.69) is 61.5 Å². The molecule has 0 N–H and O–H groups in total. The van der Waals surface area contributed by atoms with Gasteiger partial charge in [0.15, 0.2) is 0 Å². The highest BCUT2D eigenvalue weighted by atomic mass is 14.5. The Labute approximate surface area is 109 Å². The first-order valence-corrected chi connectivity index (χ1v) is 7.48. The molecular formula is C17H32. The second-order valence-electron chi connectivity index (χ2n) is 6.76. The van der Waals surface area contributed by atoms with Gasteiger partial charge in [-0.2, -0.15) is 0 Å². The molecule has 0 aromatic carbocycles. The van der Waals surface area contributed by atoms with E-state index >= 15 is 0 Å². The van der Waals surface area contributed by atoms with Gasteiger partial charge in [0.2, 0.25) is 0 Å². The van der Waals surface area contributed by atoms with Gasteiger partial charge in [0, 0.05) is 0 Å². The van der Waals surface area contributed by atoms with Crippen molar-refractivity contribution < 1.29 is 0 Å². The zero-order valence-electron chi connectivity index (χ0n) is 13.1. The molecule has 1 aliphatic rings. The summed E-state index contributed by atoms with van der Waals surface area (Å²) in [6, 6.07) is 0. The molecule has 0 aliphatic heterocycles. The molecule has 17 heavy (non-hydrogen) atoms. The minimum Gasteiger partial charge on any atom is -0.0879 e. The summed E-state index contributed by atoms with van der Waals surface area (Å²) in [5.41, 5.74) is 1.70. The lowest BCUT2D eigenvalue weighted by Gasteiger charge is -2.48. The predicted octanol–water partition coefficient (Wildman–Crippen LogP) is 5.40. The van der Waals surface area contributed by atoms with Gasteiger partial charge in [-0.15, -0.1) is 0 Å².